The molecule has 5 heteroatoms. The van der Waals surface area contributed by atoms with Crippen molar-refractivity contribution in [1.82, 2.24) is 15.5 Å². The van der Waals surface area contributed by atoms with Crippen LogP contribution in [0.4, 0.5) is 0 Å². The van der Waals surface area contributed by atoms with Gasteiger partial charge in [0.2, 0.25) is 5.91 Å². The summed E-state index contributed by atoms with van der Waals surface area (Å²) in [6.07, 6.45) is 1.93. The molecule has 1 amide bonds. The first-order valence-corrected chi connectivity index (χ1v) is 8.81. The van der Waals surface area contributed by atoms with Crippen molar-refractivity contribution in [2.75, 3.05) is 26.7 Å². The zero-order valence-electron chi connectivity index (χ0n) is 15.3. The fourth-order valence-corrected chi connectivity index (χ4v) is 2.91. The van der Waals surface area contributed by atoms with E-state index in [-0.39, 0.29) is 17.9 Å². The Morgan fingerprint density at radius 3 is 2.67 bits per heavy atom. The molecule has 1 saturated heterocycles. The monoisotopic (exact) mass is 330 g/mol. The number of carbonyl (C=O) groups excluding carboxylic acids is 1. The van der Waals surface area contributed by atoms with Gasteiger partial charge in [-0.2, -0.15) is 0 Å². The van der Waals surface area contributed by atoms with E-state index in [1.807, 2.05) is 18.7 Å². The molecule has 1 aromatic rings. The van der Waals surface area contributed by atoms with Crippen LogP contribution in [-0.4, -0.2) is 49.5 Å². The number of benzene rings is 1. The molecular formula is C19H30N4O. The smallest absolute Gasteiger partial charge is 0.225 e. The van der Waals surface area contributed by atoms with Crippen LogP contribution in [0.5, 0.6) is 0 Å². The molecule has 5 nitrogen and oxygen atoms in total. The molecule has 1 aromatic carbocycles. The van der Waals surface area contributed by atoms with E-state index >= 15 is 0 Å². The molecule has 1 aliphatic rings. The number of likely N-dealkylation sites (tertiary alicyclic amines) is 1. The van der Waals surface area contributed by atoms with Gasteiger partial charge in [0.05, 0.1) is 0 Å². The second kappa shape index (κ2) is 8.71. The van der Waals surface area contributed by atoms with Gasteiger partial charge in [0.1, 0.15) is 0 Å². The van der Waals surface area contributed by atoms with Crippen LogP contribution in [0.3, 0.4) is 0 Å². The fraction of sp³-hybridized carbons (Fsp3) is 0.579. The van der Waals surface area contributed by atoms with E-state index in [4.69, 9.17) is 0 Å². The highest BCUT2D eigenvalue weighted by atomic mass is 16.2. The number of carbonyl (C=O) groups is 1. The maximum Gasteiger partial charge on any atom is 0.225 e. The lowest BCUT2D eigenvalue weighted by molar-refractivity contribution is -0.133. The molecule has 24 heavy (non-hydrogen) atoms. The van der Waals surface area contributed by atoms with E-state index in [2.05, 4.69) is 46.8 Å². The number of aliphatic imine (C=N–C) groups is 1. The Kier molecular flexibility index (Phi) is 6.64. The van der Waals surface area contributed by atoms with Gasteiger partial charge in [-0.1, -0.05) is 43.7 Å². The number of amides is 1. The maximum absolute atomic E-state index is 12.1. The highest BCUT2D eigenvalue weighted by Crippen LogP contribution is 2.12. The molecule has 1 atom stereocenters. The third-order valence-electron chi connectivity index (χ3n) is 4.38. The predicted molar refractivity (Wildman–Crippen MR) is 99.2 cm³/mol. The van der Waals surface area contributed by atoms with Crippen LogP contribution in [0.2, 0.25) is 0 Å². The highest BCUT2D eigenvalue weighted by Gasteiger charge is 2.27. The Morgan fingerprint density at radius 1 is 1.33 bits per heavy atom. The number of hydrogen-bond donors (Lipinski definition) is 2. The SMILES string of the molecule is CN=C(NCCc1ccc(C)cc1)NC1CCN(C(=O)C(C)C)C1. The normalized spacial score (nSPS) is 18.1. The molecule has 1 unspecified atom stereocenters. The van der Waals surface area contributed by atoms with Crippen molar-refractivity contribution in [1.29, 1.82) is 0 Å². The van der Waals surface area contributed by atoms with Crippen molar-refractivity contribution in [3.63, 3.8) is 0 Å². The average molecular weight is 330 g/mol. The van der Waals surface area contributed by atoms with Crippen molar-refractivity contribution >= 4 is 11.9 Å². The molecule has 0 aliphatic carbocycles. The summed E-state index contributed by atoms with van der Waals surface area (Å²) in [5.74, 6) is 1.11. The highest BCUT2D eigenvalue weighted by molar-refractivity contribution is 5.81. The largest absolute Gasteiger partial charge is 0.356 e. The van der Waals surface area contributed by atoms with Crippen molar-refractivity contribution in [2.45, 2.75) is 39.7 Å². The molecule has 1 fully saturated rings. The van der Waals surface area contributed by atoms with E-state index in [9.17, 15) is 4.79 Å². The van der Waals surface area contributed by atoms with Crippen molar-refractivity contribution in [2.24, 2.45) is 10.9 Å². The van der Waals surface area contributed by atoms with Crippen LogP contribution >= 0.6 is 0 Å². The van der Waals surface area contributed by atoms with E-state index < -0.39 is 0 Å². The van der Waals surface area contributed by atoms with Crippen LogP contribution < -0.4 is 10.6 Å². The molecule has 2 N–H and O–H groups in total. The molecular weight excluding hydrogens is 300 g/mol. The number of nitrogens with zero attached hydrogens (tertiary/aromatic N) is 2. The molecule has 0 bridgehead atoms. The van der Waals surface area contributed by atoms with Crippen molar-refractivity contribution in [3.8, 4) is 0 Å². The zero-order valence-corrected chi connectivity index (χ0v) is 15.3. The minimum absolute atomic E-state index is 0.0655. The fourth-order valence-electron chi connectivity index (χ4n) is 2.91. The van der Waals surface area contributed by atoms with E-state index in [1.54, 1.807) is 7.05 Å². The maximum atomic E-state index is 12.1. The molecule has 0 spiro atoms. The lowest BCUT2D eigenvalue weighted by atomic mass is 10.1. The topological polar surface area (TPSA) is 56.7 Å². The first kappa shape index (κ1) is 18.3. The Morgan fingerprint density at radius 2 is 2.04 bits per heavy atom. The van der Waals surface area contributed by atoms with Crippen LogP contribution in [0, 0.1) is 12.8 Å². The quantitative estimate of drug-likeness (QED) is 0.641. The third kappa shape index (κ3) is 5.25. The van der Waals surface area contributed by atoms with Gasteiger partial charge in [-0.05, 0) is 25.3 Å². The van der Waals surface area contributed by atoms with E-state index in [0.717, 1.165) is 38.4 Å². The average Bonchev–Trinajstić information content (AvgIpc) is 3.03. The molecule has 0 saturated carbocycles. The molecule has 0 aromatic heterocycles. The van der Waals surface area contributed by atoms with Crippen LogP contribution in [-0.2, 0) is 11.2 Å². The van der Waals surface area contributed by atoms with Gasteiger partial charge in [-0.3, -0.25) is 9.79 Å². The Bertz CT molecular complexity index is 565. The number of nitrogens with one attached hydrogen (secondary N) is 2. The lowest BCUT2D eigenvalue weighted by Gasteiger charge is -2.20. The van der Waals surface area contributed by atoms with Gasteiger partial charge < -0.3 is 15.5 Å². The van der Waals surface area contributed by atoms with Gasteiger partial charge in [-0.25, -0.2) is 0 Å². The molecule has 0 radical (unpaired) electrons. The molecule has 2 rings (SSSR count). The summed E-state index contributed by atoms with van der Waals surface area (Å²) in [7, 11) is 1.78. The standard InChI is InChI=1S/C19H30N4O/c1-14(2)18(24)23-12-10-17(13-23)22-19(20-4)21-11-9-16-7-5-15(3)6-8-16/h5-8,14,17H,9-13H2,1-4H3,(H2,20,21,22). The van der Waals surface area contributed by atoms with Gasteiger partial charge in [0.15, 0.2) is 5.96 Å². The Hall–Kier alpha value is -2.04. The summed E-state index contributed by atoms with van der Waals surface area (Å²) < 4.78 is 0. The molecule has 1 heterocycles. The first-order chi connectivity index (χ1) is 11.5. The minimum atomic E-state index is 0.0655. The third-order valence-corrected chi connectivity index (χ3v) is 4.38. The van der Waals surface area contributed by atoms with Crippen molar-refractivity contribution in [3.05, 3.63) is 35.4 Å². The van der Waals surface area contributed by atoms with Crippen LogP contribution in [0.25, 0.3) is 0 Å². The first-order valence-electron chi connectivity index (χ1n) is 8.81. The Balaban J connectivity index is 1.75. The number of aryl methyl sites for hydroxylation is 1. The summed E-state index contributed by atoms with van der Waals surface area (Å²) in [4.78, 5) is 18.3. The Labute approximate surface area is 145 Å². The summed E-state index contributed by atoms with van der Waals surface area (Å²) in [6.45, 7) is 8.43. The second-order valence-corrected chi connectivity index (χ2v) is 6.80. The van der Waals surface area contributed by atoms with Gasteiger partial charge in [0.25, 0.3) is 0 Å². The minimum Gasteiger partial charge on any atom is -0.356 e. The van der Waals surface area contributed by atoms with E-state index in [1.165, 1.54) is 11.1 Å². The summed E-state index contributed by atoms with van der Waals surface area (Å²) in [5.41, 5.74) is 2.60. The summed E-state index contributed by atoms with van der Waals surface area (Å²) in [6, 6.07) is 8.89. The molecule has 1 aliphatic heterocycles. The summed E-state index contributed by atoms with van der Waals surface area (Å²) in [5, 5.41) is 6.79. The van der Waals surface area contributed by atoms with Crippen LogP contribution in [0.15, 0.2) is 29.3 Å². The number of rotatable bonds is 5. The van der Waals surface area contributed by atoms with Gasteiger partial charge in [0, 0.05) is 38.6 Å². The number of hydrogen-bond acceptors (Lipinski definition) is 2. The zero-order chi connectivity index (χ0) is 17.5. The lowest BCUT2D eigenvalue weighted by Crippen LogP contribution is -2.45. The second-order valence-electron chi connectivity index (χ2n) is 6.80. The molecule has 132 valence electrons. The summed E-state index contributed by atoms with van der Waals surface area (Å²) >= 11 is 0. The van der Waals surface area contributed by atoms with Crippen molar-refractivity contribution < 1.29 is 4.79 Å². The predicted octanol–water partition coefficient (Wildman–Crippen LogP) is 1.96. The van der Waals surface area contributed by atoms with Gasteiger partial charge in [-0.15, -0.1) is 0 Å². The van der Waals surface area contributed by atoms with E-state index in [0.29, 0.717) is 0 Å². The number of guanidine groups is 1. The van der Waals surface area contributed by atoms with Gasteiger partial charge >= 0.3 is 0 Å². The van der Waals surface area contributed by atoms with Crippen LogP contribution in [0.1, 0.15) is 31.4 Å².